The second kappa shape index (κ2) is 4.57. The Balaban J connectivity index is 2.14. The van der Waals surface area contributed by atoms with Gasteiger partial charge in [-0.2, -0.15) is 0 Å². The molecular weight excluding hydrogens is 224 g/mol. The lowest BCUT2D eigenvalue weighted by Gasteiger charge is -2.11. The van der Waals surface area contributed by atoms with E-state index in [-0.39, 0.29) is 11.3 Å². The minimum Gasteiger partial charge on any atom is -0.366 e. The molecule has 5 heteroatoms. The molecule has 0 aliphatic carbocycles. The second-order valence-corrected chi connectivity index (χ2v) is 4.82. The summed E-state index contributed by atoms with van der Waals surface area (Å²) in [6.45, 7) is 0. The minimum absolute atomic E-state index is 0.0491. The standard InChI is InChI=1S/C11H12N2O2S/c12-11(15)7-3-1-2-4-8(7)16-10-6-5-9(14)13-10/h1-4,10H,5-6H2,(H2,12,15)(H,13,14). The van der Waals surface area contributed by atoms with Crippen molar-refractivity contribution < 1.29 is 9.59 Å². The van der Waals surface area contributed by atoms with E-state index < -0.39 is 5.91 Å². The van der Waals surface area contributed by atoms with E-state index >= 15 is 0 Å². The van der Waals surface area contributed by atoms with Crippen molar-refractivity contribution in [3.63, 3.8) is 0 Å². The number of thioether (sulfide) groups is 1. The first-order valence-electron chi connectivity index (χ1n) is 5.01. The zero-order valence-electron chi connectivity index (χ0n) is 8.60. The summed E-state index contributed by atoms with van der Waals surface area (Å²) < 4.78 is 0. The Morgan fingerprint density at radius 3 is 2.81 bits per heavy atom. The zero-order chi connectivity index (χ0) is 11.5. The lowest BCUT2D eigenvalue weighted by Crippen LogP contribution is -2.22. The van der Waals surface area contributed by atoms with Crippen molar-refractivity contribution in [3.05, 3.63) is 29.8 Å². The molecule has 1 aliphatic rings. The van der Waals surface area contributed by atoms with E-state index in [1.165, 1.54) is 11.8 Å². The molecule has 1 atom stereocenters. The van der Waals surface area contributed by atoms with Crippen LogP contribution in [-0.2, 0) is 4.79 Å². The van der Waals surface area contributed by atoms with Gasteiger partial charge in [0.25, 0.3) is 0 Å². The Kier molecular flexibility index (Phi) is 3.14. The highest BCUT2D eigenvalue weighted by molar-refractivity contribution is 8.00. The van der Waals surface area contributed by atoms with Gasteiger partial charge < -0.3 is 11.1 Å². The summed E-state index contributed by atoms with van der Waals surface area (Å²) in [4.78, 5) is 23.0. The molecule has 1 aromatic carbocycles. The molecule has 3 N–H and O–H groups in total. The van der Waals surface area contributed by atoms with Crippen LogP contribution in [0.1, 0.15) is 23.2 Å². The van der Waals surface area contributed by atoms with Crippen LogP contribution in [0.4, 0.5) is 0 Å². The van der Waals surface area contributed by atoms with Gasteiger partial charge in [-0.25, -0.2) is 0 Å². The summed E-state index contributed by atoms with van der Waals surface area (Å²) in [5.41, 5.74) is 5.78. The third kappa shape index (κ3) is 2.36. The lowest BCUT2D eigenvalue weighted by atomic mass is 10.2. The summed E-state index contributed by atoms with van der Waals surface area (Å²) in [6.07, 6.45) is 1.34. The highest BCUT2D eigenvalue weighted by Gasteiger charge is 2.22. The topological polar surface area (TPSA) is 72.2 Å². The van der Waals surface area contributed by atoms with Crippen molar-refractivity contribution in [1.29, 1.82) is 0 Å². The fraction of sp³-hybridized carbons (Fsp3) is 0.273. The maximum absolute atomic E-state index is 11.2. The van der Waals surface area contributed by atoms with Crippen LogP contribution in [0.5, 0.6) is 0 Å². The average Bonchev–Trinajstić information content (AvgIpc) is 2.64. The molecule has 4 nitrogen and oxygen atoms in total. The summed E-state index contributed by atoms with van der Waals surface area (Å²) in [5, 5.41) is 2.89. The quantitative estimate of drug-likeness (QED) is 0.825. The van der Waals surface area contributed by atoms with Crippen LogP contribution in [0, 0.1) is 0 Å². The third-order valence-electron chi connectivity index (χ3n) is 2.38. The highest BCUT2D eigenvalue weighted by atomic mass is 32.2. The van der Waals surface area contributed by atoms with E-state index in [0.717, 1.165) is 11.3 Å². The maximum atomic E-state index is 11.2. The van der Waals surface area contributed by atoms with Crippen LogP contribution >= 0.6 is 11.8 Å². The molecule has 1 aromatic rings. The summed E-state index contributed by atoms with van der Waals surface area (Å²) >= 11 is 1.48. The van der Waals surface area contributed by atoms with E-state index in [0.29, 0.717) is 12.0 Å². The van der Waals surface area contributed by atoms with Gasteiger partial charge in [0.2, 0.25) is 11.8 Å². The van der Waals surface area contributed by atoms with E-state index in [4.69, 9.17) is 5.73 Å². The molecule has 16 heavy (non-hydrogen) atoms. The molecule has 84 valence electrons. The molecule has 1 saturated heterocycles. The molecule has 0 bridgehead atoms. The predicted octanol–water partition coefficient (Wildman–Crippen LogP) is 1.11. The molecule has 1 aliphatic heterocycles. The first-order valence-corrected chi connectivity index (χ1v) is 5.89. The van der Waals surface area contributed by atoms with Gasteiger partial charge in [0, 0.05) is 11.3 Å². The summed E-state index contributed by atoms with van der Waals surface area (Å²) in [5.74, 6) is -0.374. The van der Waals surface area contributed by atoms with Gasteiger partial charge in [-0.1, -0.05) is 12.1 Å². The predicted molar refractivity (Wildman–Crippen MR) is 62.0 cm³/mol. The smallest absolute Gasteiger partial charge is 0.249 e. The van der Waals surface area contributed by atoms with Gasteiger partial charge >= 0.3 is 0 Å². The third-order valence-corrected chi connectivity index (χ3v) is 3.63. The Morgan fingerprint density at radius 1 is 1.44 bits per heavy atom. The maximum Gasteiger partial charge on any atom is 0.249 e. The van der Waals surface area contributed by atoms with Gasteiger partial charge in [0.15, 0.2) is 0 Å². The normalized spacial score (nSPS) is 19.5. The number of nitrogens with two attached hydrogens (primary N) is 1. The van der Waals surface area contributed by atoms with Crippen LogP contribution in [0.2, 0.25) is 0 Å². The van der Waals surface area contributed by atoms with Crippen molar-refractivity contribution in [2.24, 2.45) is 5.73 Å². The van der Waals surface area contributed by atoms with Crippen molar-refractivity contribution in [3.8, 4) is 0 Å². The number of carbonyl (C=O) groups excluding carboxylic acids is 2. The Labute approximate surface area is 97.6 Å². The average molecular weight is 236 g/mol. The number of benzene rings is 1. The van der Waals surface area contributed by atoms with E-state index in [2.05, 4.69) is 5.32 Å². The number of primary amides is 1. The monoisotopic (exact) mass is 236 g/mol. The highest BCUT2D eigenvalue weighted by Crippen LogP contribution is 2.29. The number of nitrogens with one attached hydrogen (secondary N) is 1. The lowest BCUT2D eigenvalue weighted by molar-refractivity contribution is -0.119. The molecule has 1 unspecified atom stereocenters. The number of amides is 2. The van der Waals surface area contributed by atoms with Crippen molar-refractivity contribution in [2.75, 3.05) is 0 Å². The van der Waals surface area contributed by atoms with Crippen molar-refractivity contribution >= 4 is 23.6 Å². The number of carbonyl (C=O) groups is 2. The SMILES string of the molecule is NC(=O)c1ccccc1SC1CCC(=O)N1. The zero-order valence-corrected chi connectivity index (χ0v) is 9.42. The largest absolute Gasteiger partial charge is 0.366 e. The van der Waals surface area contributed by atoms with Crippen LogP contribution in [-0.4, -0.2) is 17.2 Å². The first kappa shape index (κ1) is 11.0. The van der Waals surface area contributed by atoms with Crippen LogP contribution < -0.4 is 11.1 Å². The first-order chi connectivity index (χ1) is 7.66. The fourth-order valence-corrected chi connectivity index (χ4v) is 2.79. The van der Waals surface area contributed by atoms with E-state index in [1.807, 2.05) is 12.1 Å². The Hall–Kier alpha value is -1.49. The number of hydrogen-bond donors (Lipinski definition) is 2. The van der Waals surface area contributed by atoms with Gasteiger partial charge in [0.05, 0.1) is 10.9 Å². The van der Waals surface area contributed by atoms with Gasteiger partial charge in [-0.15, -0.1) is 11.8 Å². The second-order valence-electron chi connectivity index (χ2n) is 3.57. The molecule has 0 radical (unpaired) electrons. The van der Waals surface area contributed by atoms with Crippen LogP contribution in [0.3, 0.4) is 0 Å². The Morgan fingerprint density at radius 2 is 2.19 bits per heavy atom. The molecule has 0 spiro atoms. The molecule has 0 saturated carbocycles. The summed E-state index contributed by atoms with van der Waals surface area (Å²) in [6, 6.07) is 7.17. The molecule has 2 rings (SSSR count). The van der Waals surface area contributed by atoms with Crippen molar-refractivity contribution in [2.45, 2.75) is 23.1 Å². The summed E-state index contributed by atoms with van der Waals surface area (Å²) in [7, 11) is 0. The molecule has 1 heterocycles. The fourth-order valence-electron chi connectivity index (χ4n) is 1.60. The van der Waals surface area contributed by atoms with Crippen molar-refractivity contribution in [1.82, 2.24) is 5.32 Å². The Bertz CT molecular complexity index is 434. The molecule has 2 amide bonds. The molecule has 0 aromatic heterocycles. The van der Waals surface area contributed by atoms with Crippen LogP contribution in [0.25, 0.3) is 0 Å². The van der Waals surface area contributed by atoms with Gasteiger partial charge in [0.1, 0.15) is 0 Å². The van der Waals surface area contributed by atoms with Gasteiger partial charge in [-0.05, 0) is 18.6 Å². The molecular formula is C11H12N2O2S. The molecule has 1 fully saturated rings. The number of rotatable bonds is 3. The van der Waals surface area contributed by atoms with E-state index in [1.54, 1.807) is 12.1 Å². The van der Waals surface area contributed by atoms with E-state index in [9.17, 15) is 9.59 Å². The van der Waals surface area contributed by atoms with Gasteiger partial charge in [-0.3, -0.25) is 9.59 Å². The number of hydrogen-bond acceptors (Lipinski definition) is 3. The van der Waals surface area contributed by atoms with Crippen LogP contribution in [0.15, 0.2) is 29.2 Å². The minimum atomic E-state index is -0.438.